The van der Waals surface area contributed by atoms with Crippen LogP contribution in [0.1, 0.15) is 39.4 Å². The number of hydrogen-bond donors (Lipinski definition) is 1. The number of aliphatic hydroxyl groups excluding tert-OH is 1. The summed E-state index contributed by atoms with van der Waals surface area (Å²) in [7, 11) is 0. The molecule has 0 aliphatic rings. The molecular formula is C18H22O3. The summed E-state index contributed by atoms with van der Waals surface area (Å²) in [6.45, 7) is 7.15. The number of ether oxygens (including phenoxy) is 1. The Kier molecular flexibility index (Phi) is 4.33. The summed E-state index contributed by atoms with van der Waals surface area (Å²) < 4.78 is 5.33. The van der Waals surface area contributed by atoms with Crippen LogP contribution < -0.4 is 0 Å². The van der Waals surface area contributed by atoms with E-state index in [9.17, 15) is 9.90 Å². The first kappa shape index (κ1) is 15.5. The first-order valence-electron chi connectivity index (χ1n) is 7.17. The summed E-state index contributed by atoms with van der Waals surface area (Å²) in [5.41, 5.74) is 0.182. The quantitative estimate of drug-likeness (QED) is 0.872. The van der Waals surface area contributed by atoms with Gasteiger partial charge in [-0.1, -0.05) is 36.4 Å². The molecule has 0 aliphatic heterocycles. The average Bonchev–Trinajstić information content (AvgIpc) is 2.43. The molecule has 3 nitrogen and oxygen atoms in total. The van der Waals surface area contributed by atoms with Crippen LogP contribution in [0.3, 0.4) is 0 Å². The van der Waals surface area contributed by atoms with Crippen LogP contribution in [0.4, 0.5) is 0 Å². The predicted octanol–water partition coefficient (Wildman–Crippen LogP) is 3.85. The standard InChI is InChI=1S/C18H22O3/c1-12(17(20)21-18(2,3)4)16(19)15-10-9-13-7-5-6-8-14(13)11-15/h5-12,16,19H,1-4H3/t12-,16-/m0/s1. The molecule has 2 aromatic carbocycles. The van der Waals surface area contributed by atoms with Crippen LogP contribution in [0, 0.1) is 5.92 Å². The number of rotatable bonds is 3. The highest BCUT2D eigenvalue weighted by Crippen LogP contribution is 2.27. The number of aliphatic hydroxyl groups is 1. The van der Waals surface area contributed by atoms with Gasteiger partial charge in [-0.3, -0.25) is 4.79 Å². The molecule has 0 saturated carbocycles. The fourth-order valence-corrected chi connectivity index (χ4v) is 2.20. The Hall–Kier alpha value is -1.87. The number of carbonyl (C=O) groups excluding carboxylic acids is 1. The number of carbonyl (C=O) groups is 1. The Morgan fingerprint density at radius 3 is 2.33 bits per heavy atom. The summed E-state index contributed by atoms with van der Waals surface area (Å²) in [6, 6.07) is 13.7. The van der Waals surface area contributed by atoms with E-state index in [1.165, 1.54) is 0 Å². The largest absolute Gasteiger partial charge is 0.460 e. The van der Waals surface area contributed by atoms with Gasteiger partial charge < -0.3 is 9.84 Å². The van der Waals surface area contributed by atoms with Gasteiger partial charge in [-0.05, 0) is 50.1 Å². The van der Waals surface area contributed by atoms with E-state index in [1.54, 1.807) is 6.92 Å². The van der Waals surface area contributed by atoms with Crippen molar-refractivity contribution in [3.05, 3.63) is 48.0 Å². The van der Waals surface area contributed by atoms with Crippen molar-refractivity contribution in [2.75, 3.05) is 0 Å². The fourth-order valence-electron chi connectivity index (χ4n) is 2.20. The van der Waals surface area contributed by atoms with Crippen LogP contribution >= 0.6 is 0 Å². The minimum absolute atomic E-state index is 0.386. The summed E-state index contributed by atoms with van der Waals surface area (Å²) in [5.74, 6) is -0.992. The smallest absolute Gasteiger partial charge is 0.312 e. The molecule has 0 aliphatic carbocycles. The minimum atomic E-state index is -0.871. The van der Waals surface area contributed by atoms with Gasteiger partial charge in [0.25, 0.3) is 0 Å². The van der Waals surface area contributed by atoms with E-state index >= 15 is 0 Å². The van der Waals surface area contributed by atoms with Gasteiger partial charge in [-0.2, -0.15) is 0 Å². The third kappa shape index (κ3) is 3.82. The molecule has 0 spiro atoms. The molecule has 3 heteroatoms. The highest BCUT2D eigenvalue weighted by atomic mass is 16.6. The first-order valence-corrected chi connectivity index (χ1v) is 7.17. The van der Waals surface area contributed by atoms with E-state index in [0.29, 0.717) is 0 Å². The molecule has 2 rings (SSSR count). The maximum absolute atomic E-state index is 12.1. The van der Waals surface area contributed by atoms with Crippen molar-refractivity contribution >= 4 is 16.7 Å². The first-order chi connectivity index (χ1) is 9.78. The second kappa shape index (κ2) is 5.86. The Morgan fingerprint density at radius 2 is 1.71 bits per heavy atom. The van der Waals surface area contributed by atoms with Crippen LogP contribution in [0.5, 0.6) is 0 Å². The lowest BCUT2D eigenvalue weighted by Gasteiger charge is -2.24. The molecule has 0 heterocycles. The SMILES string of the molecule is C[C@H](C(=O)OC(C)(C)C)[C@H](O)c1ccc2ccccc2c1. The molecule has 2 atom stereocenters. The topological polar surface area (TPSA) is 46.5 Å². The monoisotopic (exact) mass is 286 g/mol. The lowest BCUT2D eigenvalue weighted by Crippen LogP contribution is -2.30. The number of hydrogen-bond acceptors (Lipinski definition) is 3. The van der Waals surface area contributed by atoms with Gasteiger partial charge in [0.05, 0.1) is 12.0 Å². The van der Waals surface area contributed by atoms with Crippen LogP contribution in [-0.2, 0) is 9.53 Å². The molecule has 0 radical (unpaired) electrons. The van der Waals surface area contributed by atoms with Crippen molar-refractivity contribution in [1.82, 2.24) is 0 Å². The maximum Gasteiger partial charge on any atom is 0.312 e. The van der Waals surface area contributed by atoms with E-state index in [4.69, 9.17) is 4.74 Å². The summed E-state index contributed by atoms with van der Waals surface area (Å²) >= 11 is 0. The molecule has 0 amide bonds. The normalized spacial score (nSPS) is 14.7. The maximum atomic E-state index is 12.1. The van der Waals surface area contributed by atoms with Crippen LogP contribution in [-0.4, -0.2) is 16.7 Å². The predicted molar refractivity (Wildman–Crippen MR) is 83.9 cm³/mol. The molecule has 0 unspecified atom stereocenters. The molecule has 0 saturated heterocycles. The number of esters is 1. The highest BCUT2D eigenvalue weighted by molar-refractivity contribution is 5.83. The lowest BCUT2D eigenvalue weighted by atomic mass is 9.95. The summed E-state index contributed by atoms with van der Waals surface area (Å²) in [6.07, 6.45) is -0.871. The summed E-state index contributed by atoms with van der Waals surface area (Å²) in [5, 5.41) is 12.6. The molecule has 21 heavy (non-hydrogen) atoms. The molecule has 112 valence electrons. The van der Waals surface area contributed by atoms with Crippen LogP contribution in [0.25, 0.3) is 10.8 Å². The fraction of sp³-hybridized carbons (Fsp3) is 0.389. The Labute approximate surface area is 125 Å². The van der Waals surface area contributed by atoms with Crippen LogP contribution in [0.2, 0.25) is 0 Å². The number of fused-ring (bicyclic) bond motifs is 1. The van der Waals surface area contributed by atoms with E-state index in [-0.39, 0.29) is 5.97 Å². The zero-order valence-corrected chi connectivity index (χ0v) is 13.0. The molecule has 0 bridgehead atoms. The minimum Gasteiger partial charge on any atom is -0.460 e. The molecule has 0 aromatic heterocycles. The van der Waals surface area contributed by atoms with Gasteiger partial charge in [0.1, 0.15) is 5.60 Å². The van der Waals surface area contributed by atoms with Crippen molar-refractivity contribution in [2.45, 2.75) is 39.4 Å². The van der Waals surface area contributed by atoms with Crippen LogP contribution in [0.15, 0.2) is 42.5 Å². The van der Waals surface area contributed by atoms with E-state index in [0.717, 1.165) is 16.3 Å². The van der Waals surface area contributed by atoms with Gasteiger partial charge in [0, 0.05) is 0 Å². The van der Waals surface area contributed by atoms with E-state index < -0.39 is 17.6 Å². The Balaban J connectivity index is 2.20. The molecule has 0 fully saturated rings. The van der Waals surface area contributed by atoms with Gasteiger partial charge >= 0.3 is 5.97 Å². The van der Waals surface area contributed by atoms with Crippen molar-refractivity contribution in [3.63, 3.8) is 0 Å². The number of benzene rings is 2. The molecule has 1 N–H and O–H groups in total. The molecular weight excluding hydrogens is 264 g/mol. The van der Waals surface area contributed by atoms with E-state index in [1.807, 2.05) is 63.2 Å². The van der Waals surface area contributed by atoms with Gasteiger partial charge in [0.2, 0.25) is 0 Å². The van der Waals surface area contributed by atoms with Gasteiger partial charge in [0.15, 0.2) is 0 Å². The molecule has 2 aromatic rings. The third-order valence-corrected chi connectivity index (χ3v) is 3.37. The van der Waals surface area contributed by atoms with Crippen molar-refractivity contribution in [3.8, 4) is 0 Å². The van der Waals surface area contributed by atoms with Crippen molar-refractivity contribution in [2.24, 2.45) is 5.92 Å². The third-order valence-electron chi connectivity index (χ3n) is 3.37. The zero-order chi connectivity index (χ0) is 15.6. The summed E-state index contributed by atoms with van der Waals surface area (Å²) in [4.78, 5) is 12.1. The zero-order valence-electron chi connectivity index (χ0n) is 13.0. The second-order valence-corrected chi connectivity index (χ2v) is 6.37. The average molecular weight is 286 g/mol. The Bertz CT molecular complexity index is 640. The second-order valence-electron chi connectivity index (χ2n) is 6.37. The van der Waals surface area contributed by atoms with Gasteiger partial charge in [-0.25, -0.2) is 0 Å². The highest BCUT2D eigenvalue weighted by Gasteiger charge is 2.28. The van der Waals surface area contributed by atoms with Gasteiger partial charge in [-0.15, -0.1) is 0 Å². The lowest BCUT2D eigenvalue weighted by molar-refractivity contribution is -0.163. The van der Waals surface area contributed by atoms with E-state index in [2.05, 4.69) is 0 Å². The Morgan fingerprint density at radius 1 is 1.10 bits per heavy atom. The van der Waals surface area contributed by atoms with Crippen molar-refractivity contribution in [1.29, 1.82) is 0 Å². The van der Waals surface area contributed by atoms with Crippen molar-refractivity contribution < 1.29 is 14.6 Å².